The minimum absolute atomic E-state index is 0.169. The molecule has 6 heteroatoms. The zero-order chi connectivity index (χ0) is 16.8. The van der Waals surface area contributed by atoms with Gasteiger partial charge in [0.2, 0.25) is 12.4 Å². The molecule has 0 radical (unpaired) electrons. The van der Waals surface area contributed by atoms with Gasteiger partial charge in [0, 0.05) is 38.3 Å². The van der Waals surface area contributed by atoms with Crippen LogP contribution in [-0.2, 0) is 4.79 Å². The molecule has 1 atom stereocenters. The van der Waals surface area contributed by atoms with Gasteiger partial charge in [0.15, 0.2) is 0 Å². The lowest BCUT2D eigenvalue weighted by Gasteiger charge is -2.24. The molecule has 0 spiro atoms. The molecule has 0 saturated carbocycles. The van der Waals surface area contributed by atoms with Gasteiger partial charge in [-0.25, -0.2) is 4.98 Å². The minimum Gasteiger partial charge on any atom is -0.368 e. The molecule has 122 valence electrons. The molecule has 2 aromatic rings. The standard InChI is InChI=1S/C17H23N5O/c1-13(22(3)12-23)9-10-21(2)16-11-15(19-17(18)20-16)14-7-5-4-6-8-14/h4-8,11-13H,9-10H2,1-3H3,(H2,18,19,20). The Morgan fingerprint density at radius 1 is 1.22 bits per heavy atom. The van der Waals surface area contributed by atoms with E-state index in [1.807, 2.05) is 55.3 Å². The Kier molecular flexibility index (Phi) is 5.51. The van der Waals surface area contributed by atoms with Gasteiger partial charge in [-0.1, -0.05) is 30.3 Å². The first-order chi connectivity index (χ1) is 11.0. The van der Waals surface area contributed by atoms with E-state index in [2.05, 4.69) is 9.97 Å². The first-order valence-electron chi connectivity index (χ1n) is 7.59. The van der Waals surface area contributed by atoms with Gasteiger partial charge >= 0.3 is 0 Å². The third-order valence-corrected chi connectivity index (χ3v) is 3.93. The topological polar surface area (TPSA) is 75.4 Å². The molecule has 1 aromatic heterocycles. The second kappa shape index (κ2) is 7.58. The van der Waals surface area contributed by atoms with Crippen LogP contribution in [0.1, 0.15) is 13.3 Å². The Morgan fingerprint density at radius 2 is 1.91 bits per heavy atom. The highest BCUT2D eigenvalue weighted by atomic mass is 16.1. The van der Waals surface area contributed by atoms with Crippen LogP contribution in [0.5, 0.6) is 0 Å². The lowest BCUT2D eigenvalue weighted by Crippen LogP contribution is -2.32. The summed E-state index contributed by atoms with van der Waals surface area (Å²) < 4.78 is 0. The highest BCUT2D eigenvalue weighted by Crippen LogP contribution is 2.22. The second-order valence-corrected chi connectivity index (χ2v) is 5.67. The van der Waals surface area contributed by atoms with Crippen molar-refractivity contribution in [2.45, 2.75) is 19.4 Å². The number of aromatic nitrogens is 2. The summed E-state index contributed by atoms with van der Waals surface area (Å²) in [5, 5.41) is 0. The molecule has 1 aromatic carbocycles. The van der Waals surface area contributed by atoms with E-state index in [-0.39, 0.29) is 12.0 Å². The predicted molar refractivity (Wildman–Crippen MR) is 93.1 cm³/mol. The Morgan fingerprint density at radius 3 is 2.57 bits per heavy atom. The maximum atomic E-state index is 10.8. The van der Waals surface area contributed by atoms with Crippen LogP contribution in [-0.4, -0.2) is 48.0 Å². The maximum Gasteiger partial charge on any atom is 0.222 e. The number of carbonyl (C=O) groups is 1. The van der Waals surface area contributed by atoms with Gasteiger partial charge in [-0.05, 0) is 13.3 Å². The zero-order valence-corrected chi connectivity index (χ0v) is 13.8. The molecule has 0 aliphatic carbocycles. The van der Waals surface area contributed by atoms with Crippen LogP contribution in [0, 0.1) is 0 Å². The van der Waals surface area contributed by atoms with Crippen molar-refractivity contribution in [3.63, 3.8) is 0 Å². The number of benzene rings is 1. The highest BCUT2D eigenvalue weighted by molar-refractivity contribution is 5.64. The van der Waals surface area contributed by atoms with E-state index < -0.39 is 0 Å². The van der Waals surface area contributed by atoms with Gasteiger partial charge in [0.05, 0.1) is 5.69 Å². The van der Waals surface area contributed by atoms with E-state index in [0.29, 0.717) is 0 Å². The summed E-state index contributed by atoms with van der Waals surface area (Å²) >= 11 is 0. The number of carbonyl (C=O) groups excluding carboxylic acids is 1. The third-order valence-electron chi connectivity index (χ3n) is 3.93. The first kappa shape index (κ1) is 16.7. The number of hydrogen-bond acceptors (Lipinski definition) is 5. The van der Waals surface area contributed by atoms with Crippen LogP contribution in [0.4, 0.5) is 11.8 Å². The average molecular weight is 313 g/mol. The molecule has 1 heterocycles. The average Bonchev–Trinajstić information content (AvgIpc) is 2.58. The van der Waals surface area contributed by atoms with Crippen molar-refractivity contribution in [3.8, 4) is 11.3 Å². The lowest BCUT2D eigenvalue weighted by atomic mass is 10.1. The van der Waals surface area contributed by atoms with Crippen LogP contribution >= 0.6 is 0 Å². The normalized spacial score (nSPS) is 11.8. The zero-order valence-electron chi connectivity index (χ0n) is 13.8. The number of nitrogens with zero attached hydrogens (tertiary/aromatic N) is 4. The number of amides is 1. The fraction of sp³-hybridized carbons (Fsp3) is 0.353. The van der Waals surface area contributed by atoms with E-state index in [4.69, 9.17) is 5.73 Å². The fourth-order valence-electron chi connectivity index (χ4n) is 2.21. The summed E-state index contributed by atoms with van der Waals surface area (Å²) in [6, 6.07) is 12.0. The molecular weight excluding hydrogens is 290 g/mol. The number of anilines is 2. The largest absolute Gasteiger partial charge is 0.368 e. The molecule has 23 heavy (non-hydrogen) atoms. The van der Waals surface area contributed by atoms with Crippen LogP contribution in [0.15, 0.2) is 36.4 Å². The SMILES string of the molecule is CC(CCN(C)c1cc(-c2ccccc2)nc(N)n1)N(C)C=O. The molecule has 0 bridgehead atoms. The molecule has 2 N–H and O–H groups in total. The van der Waals surface area contributed by atoms with Crippen LogP contribution in [0.2, 0.25) is 0 Å². The molecule has 1 unspecified atom stereocenters. The van der Waals surface area contributed by atoms with Gasteiger partial charge in [0.1, 0.15) is 5.82 Å². The molecule has 0 aliphatic heterocycles. The molecule has 1 amide bonds. The number of rotatable bonds is 7. The molecule has 2 rings (SSSR count). The Bertz CT molecular complexity index is 647. The number of hydrogen-bond donors (Lipinski definition) is 1. The van der Waals surface area contributed by atoms with Crippen molar-refractivity contribution in [2.75, 3.05) is 31.3 Å². The number of nitrogens with two attached hydrogens (primary N) is 1. The molecule has 0 saturated heterocycles. The van der Waals surface area contributed by atoms with E-state index in [9.17, 15) is 4.79 Å². The van der Waals surface area contributed by atoms with Crippen molar-refractivity contribution in [1.82, 2.24) is 14.9 Å². The van der Waals surface area contributed by atoms with Crippen LogP contribution < -0.4 is 10.6 Å². The summed E-state index contributed by atoms with van der Waals surface area (Å²) in [5.74, 6) is 1.03. The monoisotopic (exact) mass is 313 g/mol. The lowest BCUT2D eigenvalue weighted by molar-refractivity contribution is -0.118. The molecule has 0 fully saturated rings. The van der Waals surface area contributed by atoms with Gasteiger partial charge in [-0.15, -0.1) is 0 Å². The summed E-state index contributed by atoms with van der Waals surface area (Å²) in [6.07, 6.45) is 1.69. The quantitative estimate of drug-likeness (QED) is 0.792. The molecule has 6 nitrogen and oxygen atoms in total. The van der Waals surface area contributed by atoms with E-state index in [1.165, 1.54) is 0 Å². The van der Waals surface area contributed by atoms with Gasteiger partial charge in [-0.2, -0.15) is 4.98 Å². The van der Waals surface area contributed by atoms with Gasteiger partial charge in [0.25, 0.3) is 0 Å². The summed E-state index contributed by atoms with van der Waals surface area (Å²) in [6.45, 7) is 2.79. The van der Waals surface area contributed by atoms with Crippen molar-refractivity contribution in [1.29, 1.82) is 0 Å². The molecular formula is C17H23N5O. The summed E-state index contributed by atoms with van der Waals surface area (Å²) in [7, 11) is 3.75. The van der Waals surface area contributed by atoms with Gasteiger partial charge in [-0.3, -0.25) is 4.79 Å². The third kappa shape index (κ3) is 4.42. The smallest absolute Gasteiger partial charge is 0.222 e. The molecule has 0 aliphatic rings. The van der Waals surface area contributed by atoms with E-state index in [0.717, 1.165) is 36.5 Å². The second-order valence-electron chi connectivity index (χ2n) is 5.67. The van der Waals surface area contributed by atoms with Crippen molar-refractivity contribution < 1.29 is 4.79 Å². The highest BCUT2D eigenvalue weighted by Gasteiger charge is 2.12. The van der Waals surface area contributed by atoms with Crippen molar-refractivity contribution in [2.24, 2.45) is 0 Å². The van der Waals surface area contributed by atoms with Gasteiger partial charge < -0.3 is 15.5 Å². The Hall–Kier alpha value is -2.63. The van der Waals surface area contributed by atoms with E-state index >= 15 is 0 Å². The maximum absolute atomic E-state index is 10.8. The summed E-state index contributed by atoms with van der Waals surface area (Å²) in [5.41, 5.74) is 7.67. The Labute approximate surface area is 137 Å². The van der Waals surface area contributed by atoms with E-state index in [1.54, 1.807) is 11.9 Å². The minimum atomic E-state index is 0.169. The predicted octanol–water partition coefficient (Wildman–Crippen LogP) is 2.03. The van der Waals surface area contributed by atoms with Crippen molar-refractivity contribution in [3.05, 3.63) is 36.4 Å². The Balaban J connectivity index is 2.13. The van der Waals surface area contributed by atoms with Crippen molar-refractivity contribution >= 4 is 18.2 Å². The van der Waals surface area contributed by atoms with Crippen LogP contribution in [0.25, 0.3) is 11.3 Å². The first-order valence-corrected chi connectivity index (χ1v) is 7.59. The van der Waals surface area contributed by atoms with Crippen LogP contribution in [0.3, 0.4) is 0 Å². The number of nitrogen functional groups attached to an aromatic ring is 1. The fourth-order valence-corrected chi connectivity index (χ4v) is 2.21. The summed E-state index contributed by atoms with van der Waals surface area (Å²) in [4.78, 5) is 23.1.